The highest BCUT2D eigenvalue weighted by Gasteiger charge is 2.15. The predicted octanol–water partition coefficient (Wildman–Crippen LogP) is 4.35. The molecule has 8 nitrogen and oxygen atoms in total. The number of hydrogen-bond acceptors (Lipinski definition) is 6. The number of aromatic nitrogens is 3. The first-order chi connectivity index (χ1) is 15.5. The van der Waals surface area contributed by atoms with Gasteiger partial charge in [0.25, 0.3) is 11.5 Å². The van der Waals surface area contributed by atoms with Crippen molar-refractivity contribution in [3.8, 4) is 17.3 Å². The largest absolute Gasteiger partial charge is 0.326 e. The lowest BCUT2D eigenvalue weighted by Crippen LogP contribution is -2.16. The third kappa shape index (κ3) is 4.64. The van der Waals surface area contributed by atoms with E-state index in [1.54, 1.807) is 60.7 Å². The van der Waals surface area contributed by atoms with Gasteiger partial charge in [-0.15, -0.1) is 0 Å². The highest BCUT2D eigenvalue weighted by molar-refractivity contribution is 6.30. The number of benzene rings is 2. The van der Waals surface area contributed by atoms with Crippen LogP contribution in [0.5, 0.6) is 0 Å². The van der Waals surface area contributed by atoms with Gasteiger partial charge in [0.05, 0.1) is 5.69 Å². The minimum atomic E-state index is -0.583. The van der Waals surface area contributed by atoms with E-state index in [1.165, 1.54) is 12.4 Å². The predicted molar refractivity (Wildman–Crippen MR) is 122 cm³/mol. The third-order valence-electron chi connectivity index (χ3n) is 4.47. The Kier molecular flexibility index (Phi) is 5.92. The molecule has 9 heteroatoms. The summed E-state index contributed by atoms with van der Waals surface area (Å²) in [5.41, 5.74) is 1.57. The van der Waals surface area contributed by atoms with Crippen LogP contribution in [0, 0.1) is 11.3 Å². The Labute approximate surface area is 187 Å². The summed E-state index contributed by atoms with van der Waals surface area (Å²) in [5.74, 6) is -0.147. The van der Waals surface area contributed by atoms with E-state index in [4.69, 9.17) is 11.6 Å². The number of carbonyl (C=O) groups excluding carboxylic acids is 1. The number of amides is 1. The molecule has 0 fully saturated rings. The molecular weight excluding hydrogens is 428 g/mol. The van der Waals surface area contributed by atoms with Gasteiger partial charge in [0.2, 0.25) is 5.95 Å². The van der Waals surface area contributed by atoms with Crippen LogP contribution in [0.3, 0.4) is 0 Å². The number of anilines is 3. The fourth-order valence-electron chi connectivity index (χ4n) is 2.97. The van der Waals surface area contributed by atoms with Crippen LogP contribution in [0.15, 0.2) is 77.9 Å². The first-order valence-electron chi connectivity index (χ1n) is 9.42. The van der Waals surface area contributed by atoms with E-state index in [2.05, 4.69) is 25.6 Å². The molecule has 2 aromatic carbocycles. The van der Waals surface area contributed by atoms with Crippen LogP contribution in [0.2, 0.25) is 5.02 Å². The van der Waals surface area contributed by atoms with E-state index in [0.717, 1.165) is 0 Å². The molecule has 0 saturated heterocycles. The molecule has 2 aromatic heterocycles. The quantitative estimate of drug-likeness (QED) is 0.422. The Hall–Kier alpha value is -4.48. The van der Waals surface area contributed by atoms with Gasteiger partial charge in [0, 0.05) is 39.9 Å². The topological polar surface area (TPSA) is 124 Å². The Morgan fingerprint density at radius 1 is 1.03 bits per heavy atom. The first kappa shape index (κ1) is 20.8. The molecule has 3 N–H and O–H groups in total. The molecule has 2 heterocycles. The van der Waals surface area contributed by atoms with Crippen molar-refractivity contribution < 1.29 is 4.79 Å². The first-order valence-corrected chi connectivity index (χ1v) is 9.80. The zero-order chi connectivity index (χ0) is 22.5. The van der Waals surface area contributed by atoms with Crippen LogP contribution in [-0.2, 0) is 0 Å². The van der Waals surface area contributed by atoms with Crippen molar-refractivity contribution in [1.29, 1.82) is 5.26 Å². The molecule has 0 saturated carbocycles. The van der Waals surface area contributed by atoms with Crippen LogP contribution in [-0.4, -0.2) is 20.9 Å². The lowest BCUT2D eigenvalue weighted by atomic mass is 10.1. The Morgan fingerprint density at radius 2 is 1.78 bits per heavy atom. The standard InChI is InChI=1S/C23H15ClN6O2/c24-16-4-6-17(7-5-16)28-23-29-20(19(13-25)22(32)30-23)15-2-1-3-18(12-15)27-21(31)14-8-10-26-11-9-14/h1-12H,(H,27,31)(H2,28,29,30,32). The average molecular weight is 443 g/mol. The number of nitriles is 1. The van der Waals surface area contributed by atoms with Gasteiger partial charge in [-0.2, -0.15) is 5.26 Å². The molecule has 0 aliphatic heterocycles. The second-order valence-corrected chi connectivity index (χ2v) is 7.09. The van der Waals surface area contributed by atoms with E-state index in [-0.39, 0.29) is 23.1 Å². The van der Waals surface area contributed by atoms with Gasteiger partial charge in [-0.1, -0.05) is 23.7 Å². The minimum Gasteiger partial charge on any atom is -0.326 e. The monoisotopic (exact) mass is 442 g/mol. The summed E-state index contributed by atoms with van der Waals surface area (Å²) < 4.78 is 0. The van der Waals surface area contributed by atoms with Crippen molar-refractivity contribution >= 4 is 34.8 Å². The van der Waals surface area contributed by atoms with Crippen LogP contribution in [0.4, 0.5) is 17.3 Å². The number of nitrogens with zero attached hydrogens (tertiary/aromatic N) is 3. The SMILES string of the molecule is N#Cc1c(-c2cccc(NC(=O)c3ccncc3)c2)nc(Nc2ccc(Cl)cc2)[nH]c1=O. The molecule has 0 unspecified atom stereocenters. The van der Waals surface area contributed by atoms with Gasteiger partial charge in [0.15, 0.2) is 0 Å². The van der Waals surface area contributed by atoms with Crippen molar-refractivity contribution in [3.05, 3.63) is 99.6 Å². The van der Waals surface area contributed by atoms with Gasteiger partial charge < -0.3 is 10.6 Å². The van der Waals surface area contributed by atoms with Crippen molar-refractivity contribution in [1.82, 2.24) is 15.0 Å². The van der Waals surface area contributed by atoms with Crippen molar-refractivity contribution in [2.75, 3.05) is 10.6 Å². The van der Waals surface area contributed by atoms with Crippen LogP contribution in [0.1, 0.15) is 15.9 Å². The molecule has 0 bridgehead atoms. The highest BCUT2D eigenvalue weighted by atomic mass is 35.5. The number of hydrogen-bond donors (Lipinski definition) is 3. The molecule has 0 spiro atoms. The van der Waals surface area contributed by atoms with Gasteiger partial charge in [-0.05, 0) is 48.5 Å². The Morgan fingerprint density at radius 3 is 2.50 bits per heavy atom. The molecule has 1 amide bonds. The summed E-state index contributed by atoms with van der Waals surface area (Å²) in [4.78, 5) is 35.8. The summed E-state index contributed by atoms with van der Waals surface area (Å²) >= 11 is 5.90. The zero-order valence-electron chi connectivity index (χ0n) is 16.5. The number of aromatic amines is 1. The number of halogens is 1. The molecule has 0 radical (unpaired) electrons. The van der Waals surface area contributed by atoms with Crippen LogP contribution >= 0.6 is 11.6 Å². The number of carbonyl (C=O) groups is 1. The maximum Gasteiger partial charge on any atom is 0.270 e. The van der Waals surface area contributed by atoms with E-state index >= 15 is 0 Å². The van der Waals surface area contributed by atoms with Gasteiger partial charge >= 0.3 is 0 Å². The second-order valence-electron chi connectivity index (χ2n) is 6.65. The molecule has 0 atom stereocenters. The number of pyridine rings is 1. The van der Waals surface area contributed by atoms with E-state index in [0.29, 0.717) is 27.5 Å². The van der Waals surface area contributed by atoms with Gasteiger partial charge in [-0.3, -0.25) is 19.6 Å². The fourth-order valence-corrected chi connectivity index (χ4v) is 3.09. The molecule has 156 valence electrons. The highest BCUT2D eigenvalue weighted by Crippen LogP contribution is 2.25. The average Bonchev–Trinajstić information content (AvgIpc) is 2.81. The summed E-state index contributed by atoms with van der Waals surface area (Å²) in [7, 11) is 0. The fraction of sp³-hybridized carbons (Fsp3) is 0. The molecule has 0 aliphatic carbocycles. The summed E-state index contributed by atoms with van der Waals surface area (Å²) in [6.45, 7) is 0. The number of nitrogens with one attached hydrogen (secondary N) is 3. The van der Waals surface area contributed by atoms with Crippen molar-refractivity contribution in [3.63, 3.8) is 0 Å². The normalized spacial score (nSPS) is 10.2. The van der Waals surface area contributed by atoms with Gasteiger partial charge in [0.1, 0.15) is 11.6 Å². The smallest absolute Gasteiger partial charge is 0.270 e. The number of rotatable bonds is 5. The van der Waals surface area contributed by atoms with Crippen LogP contribution in [0.25, 0.3) is 11.3 Å². The lowest BCUT2D eigenvalue weighted by Gasteiger charge is -2.11. The molecule has 32 heavy (non-hydrogen) atoms. The summed E-state index contributed by atoms with van der Waals surface area (Å²) in [6.07, 6.45) is 3.06. The lowest BCUT2D eigenvalue weighted by molar-refractivity contribution is 0.102. The minimum absolute atomic E-state index is 0.135. The summed E-state index contributed by atoms with van der Waals surface area (Å²) in [6, 6.07) is 18.7. The van der Waals surface area contributed by atoms with Gasteiger partial charge in [-0.25, -0.2) is 4.98 Å². The van der Waals surface area contributed by atoms with Crippen molar-refractivity contribution in [2.24, 2.45) is 0 Å². The summed E-state index contributed by atoms with van der Waals surface area (Å²) in [5, 5.41) is 15.9. The van der Waals surface area contributed by atoms with Crippen molar-refractivity contribution in [2.45, 2.75) is 0 Å². The maximum atomic E-state index is 12.5. The zero-order valence-corrected chi connectivity index (χ0v) is 17.2. The van der Waals surface area contributed by atoms with E-state index < -0.39 is 5.56 Å². The maximum absolute atomic E-state index is 12.5. The van der Waals surface area contributed by atoms with E-state index in [1.807, 2.05) is 6.07 Å². The molecule has 0 aliphatic rings. The third-order valence-corrected chi connectivity index (χ3v) is 4.73. The Balaban J connectivity index is 1.68. The number of H-pyrrole nitrogens is 1. The molecular formula is C23H15ClN6O2. The van der Waals surface area contributed by atoms with Crippen LogP contribution < -0.4 is 16.2 Å². The molecule has 4 rings (SSSR count). The molecule has 4 aromatic rings. The Bertz CT molecular complexity index is 1380. The second kappa shape index (κ2) is 9.12. The van der Waals surface area contributed by atoms with E-state index in [9.17, 15) is 14.9 Å².